The summed E-state index contributed by atoms with van der Waals surface area (Å²) < 4.78 is 16.1. The molecule has 1 aliphatic heterocycles. The van der Waals surface area contributed by atoms with E-state index in [9.17, 15) is 9.59 Å². The first-order valence-corrected chi connectivity index (χ1v) is 12.3. The maximum absolute atomic E-state index is 13.7. The van der Waals surface area contributed by atoms with Gasteiger partial charge in [0.1, 0.15) is 6.54 Å². The Kier molecular flexibility index (Phi) is 7.94. The molecular weight excluding hydrogens is 458 g/mol. The first-order chi connectivity index (χ1) is 17.4. The number of aryl methyl sites for hydroxylation is 2. The van der Waals surface area contributed by atoms with Crippen molar-refractivity contribution in [3.63, 3.8) is 0 Å². The maximum Gasteiger partial charge on any atom is 0.262 e. The zero-order chi connectivity index (χ0) is 25.8. The molecular formula is C28H35N3O5. The van der Waals surface area contributed by atoms with Crippen molar-refractivity contribution in [2.75, 3.05) is 41.0 Å². The third-order valence-corrected chi connectivity index (χ3v) is 6.93. The van der Waals surface area contributed by atoms with Crippen LogP contribution in [0.1, 0.15) is 47.6 Å². The summed E-state index contributed by atoms with van der Waals surface area (Å²) >= 11 is 0. The lowest BCUT2D eigenvalue weighted by molar-refractivity contribution is -0.142. The van der Waals surface area contributed by atoms with E-state index in [4.69, 9.17) is 19.3 Å². The number of benzene rings is 2. The van der Waals surface area contributed by atoms with Crippen LogP contribution in [0, 0.1) is 19.8 Å². The number of carbonyl (C=O) groups excluding carboxylic acids is 2. The average Bonchev–Trinajstić information content (AvgIpc) is 3.65. The van der Waals surface area contributed by atoms with Gasteiger partial charge >= 0.3 is 0 Å². The topological polar surface area (TPSA) is 80.7 Å². The van der Waals surface area contributed by atoms with Crippen LogP contribution in [0.4, 0.5) is 0 Å². The Bertz CT molecular complexity index is 1160. The van der Waals surface area contributed by atoms with Crippen LogP contribution in [0.5, 0.6) is 11.5 Å². The minimum absolute atomic E-state index is 0.0145. The van der Waals surface area contributed by atoms with E-state index in [0.29, 0.717) is 31.1 Å². The predicted octanol–water partition coefficient (Wildman–Crippen LogP) is 3.88. The molecule has 1 atom stereocenters. The molecule has 8 nitrogen and oxygen atoms in total. The highest BCUT2D eigenvalue weighted by Gasteiger charge is 2.38. The highest BCUT2D eigenvalue weighted by Crippen LogP contribution is 2.38. The van der Waals surface area contributed by atoms with Crippen molar-refractivity contribution >= 4 is 17.5 Å². The number of carbonyl (C=O) groups is 2. The Labute approximate surface area is 212 Å². The minimum Gasteiger partial charge on any atom is -0.493 e. The molecule has 1 saturated carbocycles. The van der Waals surface area contributed by atoms with E-state index in [0.717, 1.165) is 29.7 Å². The van der Waals surface area contributed by atoms with E-state index in [1.54, 1.807) is 26.2 Å². The standard InChI is InChI=1S/C28H35N3O5/c1-18-6-7-21(14-19(18)2)23-16-24(22-10-11-25(35-4)26(15-22)36-5)31(29-23)27(32)17-30(12-13-34-3)28(33)20-8-9-20/h6-7,10-11,14-15,20,24H,8-9,12-13,16-17H2,1-5H3. The molecule has 2 aliphatic rings. The van der Waals surface area contributed by atoms with Crippen LogP contribution in [0.25, 0.3) is 0 Å². The van der Waals surface area contributed by atoms with E-state index in [1.807, 2.05) is 24.3 Å². The number of hydrogen-bond donors (Lipinski definition) is 0. The number of hydrogen-bond acceptors (Lipinski definition) is 6. The van der Waals surface area contributed by atoms with Crippen molar-refractivity contribution in [2.45, 2.75) is 39.2 Å². The molecule has 1 heterocycles. The number of hydrazone groups is 1. The van der Waals surface area contributed by atoms with E-state index in [-0.39, 0.29) is 30.3 Å². The highest BCUT2D eigenvalue weighted by molar-refractivity contribution is 6.03. The van der Waals surface area contributed by atoms with Gasteiger partial charge in [0.25, 0.3) is 5.91 Å². The molecule has 1 unspecified atom stereocenters. The number of rotatable bonds is 10. The second-order valence-corrected chi connectivity index (χ2v) is 9.45. The Morgan fingerprint density at radius 1 is 1.00 bits per heavy atom. The summed E-state index contributed by atoms with van der Waals surface area (Å²) in [6.07, 6.45) is 2.31. The van der Waals surface area contributed by atoms with Gasteiger partial charge in [-0.05, 0) is 67.1 Å². The normalized spacial score (nSPS) is 17.1. The zero-order valence-corrected chi connectivity index (χ0v) is 21.7. The molecule has 2 amide bonds. The van der Waals surface area contributed by atoms with E-state index >= 15 is 0 Å². The smallest absolute Gasteiger partial charge is 0.262 e. The Morgan fingerprint density at radius 2 is 1.75 bits per heavy atom. The largest absolute Gasteiger partial charge is 0.493 e. The molecule has 0 saturated heterocycles. The molecule has 0 spiro atoms. The number of nitrogens with zero attached hydrogens (tertiary/aromatic N) is 3. The highest BCUT2D eigenvalue weighted by atomic mass is 16.5. The van der Waals surface area contributed by atoms with Gasteiger partial charge in [-0.25, -0.2) is 5.01 Å². The maximum atomic E-state index is 13.7. The summed E-state index contributed by atoms with van der Waals surface area (Å²) in [5.41, 5.74) is 5.09. The molecule has 1 fully saturated rings. The van der Waals surface area contributed by atoms with Gasteiger partial charge in [0.15, 0.2) is 11.5 Å². The molecule has 0 N–H and O–H groups in total. The molecule has 1 aliphatic carbocycles. The van der Waals surface area contributed by atoms with Gasteiger partial charge in [0.05, 0.1) is 32.6 Å². The van der Waals surface area contributed by atoms with E-state index < -0.39 is 0 Å². The third-order valence-electron chi connectivity index (χ3n) is 6.93. The fourth-order valence-electron chi connectivity index (χ4n) is 4.45. The lowest BCUT2D eigenvalue weighted by Gasteiger charge is -2.27. The monoisotopic (exact) mass is 493 g/mol. The van der Waals surface area contributed by atoms with Crippen molar-refractivity contribution in [3.8, 4) is 11.5 Å². The molecule has 2 aromatic carbocycles. The molecule has 192 valence electrons. The van der Waals surface area contributed by atoms with Crippen LogP contribution < -0.4 is 9.47 Å². The zero-order valence-electron chi connectivity index (χ0n) is 21.7. The predicted molar refractivity (Wildman–Crippen MR) is 137 cm³/mol. The van der Waals surface area contributed by atoms with Gasteiger partial charge in [-0.2, -0.15) is 5.10 Å². The van der Waals surface area contributed by atoms with Crippen LogP contribution in [0.2, 0.25) is 0 Å². The van der Waals surface area contributed by atoms with Crippen LogP contribution >= 0.6 is 0 Å². The summed E-state index contributed by atoms with van der Waals surface area (Å²) in [7, 11) is 4.78. The molecule has 4 rings (SSSR count). The van der Waals surface area contributed by atoms with Crippen LogP contribution in [-0.2, 0) is 14.3 Å². The second kappa shape index (κ2) is 11.1. The number of methoxy groups -OCH3 is 3. The molecule has 8 heteroatoms. The van der Waals surface area contributed by atoms with Gasteiger partial charge in [0.2, 0.25) is 5.91 Å². The summed E-state index contributed by atoms with van der Waals surface area (Å²) in [6, 6.07) is 11.6. The van der Waals surface area contributed by atoms with E-state index in [1.165, 1.54) is 16.1 Å². The Hall–Kier alpha value is -3.39. The van der Waals surface area contributed by atoms with Crippen molar-refractivity contribution in [3.05, 3.63) is 58.7 Å². The first-order valence-electron chi connectivity index (χ1n) is 12.3. The Morgan fingerprint density at radius 3 is 2.39 bits per heavy atom. The fourth-order valence-corrected chi connectivity index (χ4v) is 4.45. The lowest BCUT2D eigenvalue weighted by atomic mass is 9.96. The van der Waals surface area contributed by atoms with Crippen LogP contribution in [0.15, 0.2) is 41.5 Å². The van der Waals surface area contributed by atoms with Gasteiger partial charge in [-0.3, -0.25) is 9.59 Å². The SMILES string of the molecule is COCCN(CC(=O)N1N=C(c2ccc(C)c(C)c2)CC1c1ccc(OC)c(OC)c1)C(=O)C1CC1. The summed E-state index contributed by atoms with van der Waals surface area (Å²) in [4.78, 5) is 28.1. The van der Waals surface area contributed by atoms with Crippen molar-refractivity contribution in [2.24, 2.45) is 11.0 Å². The lowest BCUT2D eigenvalue weighted by Crippen LogP contribution is -2.43. The minimum atomic E-state index is -0.325. The number of ether oxygens (including phenoxy) is 3. The fraction of sp³-hybridized carbons (Fsp3) is 0.464. The Balaban J connectivity index is 1.66. The summed E-state index contributed by atoms with van der Waals surface area (Å²) in [5, 5.41) is 6.33. The summed E-state index contributed by atoms with van der Waals surface area (Å²) in [5.74, 6) is 1.02. The molecule has 0 aromatic heterocycles. The quantitative estimate of drug-likeness (QED) is 0.502. The van der Waals surface area contributed by atoms with Gasteiger partial charge in [-0.1, -0.05) is 18.2 Å². The van der Waals surface area contributed by atoms with Gasteiger partial charge in [-0.15, -0.1) is 0 Å². The third kappa shape index (κ3) is 5.54. The van der Waals surface area contributed by atoms with Crippen LogP contribution in [-0.4, -0.2) is 68.5 Å². The average molecular weight is 494 g/mol. The van der Waals surface area contributed by atoms with Crippen molar-refractivity contribution < 1.29 is 23.8 Å². The van der Waals surface area contributed by atoms with Crippen molar-refractivity contribution in [1.82, 2.24) is 9.91 Å². The van der Waals surface area contributed by atoms with Gasteiger partial charge in [0, 0.05) is 26.0 Å². The molecule has 36 heavy (non-hydrogen) atoms. The second-order valence-electron chi connectivity index (χ2n) is 9.45. The van der Waals surface area contributed by atoms with E-state index in [2.05, 4.69) is 26.0 Å². The number of amides is 2. The molecule has 0 bridgehead atoms. The first kappa shape index (κ1) is 25.7. The molecule has 2 aromatic rings. The molecule has 0 radical (unpaired) electrons. The van der Waals surface area contributed by atoms with Crippen molar-refractivity contribution in [1.29, 1.82) is 0 Å². The van der Waals surface area contributed by atoms with Crippen LogP contribution in [0.3, 0.4) is 0 Å². The van der Waals surface area contributed by atoms with Gasteiger partial charge < -0.3 is 19.1 Å². The summed E-state index contributed by atoms with van der Waals surface area (Å²) in [6.45, 7) is 4.86.